The maximum atomic E-state index is 10.4. The topological polar surface area (TPSA) is 39.1 Å². The van der Waals surface area contributed by atoms with Crippen molar-refractivity contribution < 1.29 is 5.11 Å². The number of aliphatic hydroxyl groups is 1. The van der Waals surface area contributed by atoms with Crippen LogP contribution in [0, 0.1) is 5.92 Å². The summed E-state index contributed by atoms with van der Waals surface area (Å²) in [5.41, 5.74) is 0.208. The summed E-state index contributed by atoms with van der Waals surface area (Å²) >= 11 is 5.80. The fourth-order valence-corrected chi connectivity index (χ4v) is 2.77. The summed E-state index contributed by atoms with van der Waals surface area (Å²) in [4.78, 5) is 8.78. The van der Waals surface area contributed by atoms with Gasteiger partial charge in [0.15, 0.2) is 0 Å². The Hall–Kier alpha value is -0.420. The lowest BCUT2D eigenvalue weighted by Crippen LogP contribution is -2.57. The molecule has 0 spiro atoms. The smallest absolute Gasteiger partial charge is 0.123 e. The van der Waals surface area contributed by atoms with Crippen LogP contribution in [0.4, 0.5) is 0 Å². The van der Waals surface area contributed by atoms with Crippen molar-refractivity contribution in [1.82, 2.24) is 9.80 Å². The minimum absolute atomic E-state index is 0.0590. The Kier molecular flexibility index (Phi) is 4.66. The molecule has 2 atom stereocenters. The Balaban J connectivity index is 1.86. The van der Waals surface area contributed by atoms with E-state index in [1.165, 1.54) is 0 Å². The lowest BCUT2D eigenvalue weighted by molar-refractivity contribution is -0.0599. The van der Waals surface area contributed by atoms with Crippen molar-refractivity contribution in [3.05, 3.63) is 12.2 Å². The van der Waals surface area contributed by atoms with Gasteiger partial charge in [0.25, 0.3) is 0 Å². The number of dihydropyridines is 1. The zero-order chi connectivity index (χ0) is 14.0. The quantitative estimate of drug-likeness (QED) is 0.837. The molecular formula is C14H24ClN3O. The van der Waals surface area contributed by atoms with Crippen molar-refractivity contribution in [3.63, 3.8) is 0 Å². The van der Waals surface area contributed by atoms with E-state index >= 15 is 0 Å². The Morgan fingerprint density at radius 1 is 1.32 bits per heavy atom. The minimum Gasteiger partial charge on any atom is -0.378 e. The molecule has 1 fully saturated rings. The van der Waals surface area contributed by atoms with Gasteiger partial charge in [0.1, 0.15) is 11.4 Å². The number of nitrogens with zero attached hydrogens (tertiary/aromatic N) is 3. The summed E-state index contributed by atoms with van der Waals surface area (Å²) in [6, 6.07) is 0. The lowest BCUT2D eigenvalue weighted by atomic mass is 10.0. The second-order valence-corrected chi connectivity index (χ2v) is 6.68. The first-order valence-electron chi connectivity index (χ1n) is 6.93. The summed E-state index contributed by atoms with van der Waals surface area (Å²) < 4.78 is 0. The summed E-state index contributed by atoms with van der Waals surface area (Å²) in [6.07, 6.45) is 3.30. The number of hydrogen-bond acceptors (Lipinski definition) is 4. The van der Waals surface area contributed by atoms with Crippen LogP contribution in [0.15, 0.2) is 17.1 Å². The van der Waals surface area contributed by atoms with Crippen LogP contribution in [0.5, 0.6) is 0 Å². The SMILES string of the molecule is CC(C)(C)N1CCN(C(O)C2C=CC(Cl)=NC2)CC1. The largest absolute Gasteiger partial charge is 0.378 e. The Bertz CT molecular complexity index is 367. The predicted molar refractivity (Wildman–Crippen MR) is 79.7 cm³/mol. The van der Waals surface area contributed by atoms with E-state index in [-0.39, 0.29) is 11.5 Å². The maximum absolute atomic E-state index is 10.4. The fraction of sp³-hybridized carbons (Fsp3) is 0.786. The lowest BCUT2D eigenvalue weighted by Gasteiger charge is -2.44. The molecule has 1 saturated heterocycles. The molecule has 0 aromatic carbocycles. The van der Waals surface area contributed by atoms with Gasteiger partial charge in [-0.3, -0.25) is 14.8 Å². The third kappa shape index (κ3) is 3.78. The molecule has 1 N–H and O–H groups in total. The van der Waals surface area contributed by atoms with Gasteiger partial charge in [0.05, 0.1) is 6.54 Å². The van der Waals surface area contributed by atoms with Crippen LogP contribution in [0.25, 0.3) is 0 Å². The minimum atomic E-state index is -0.452. The molecule has 0 aromatic rings. The van der Waals surface area contributed by atoms with E-state index in [9.17, 15) is 5.11 Å². The van der Waals surface area contributed by atoms with Crippen LogP contribution in [0.2, 0.25) is 0 Å². The third-order valence-electron chi connectivity index (χ3n) is 3.95. The van der Waals surface area contributed by atoms with Gasteiger partial charge in [-0.05, 0) is 26.8 Å². The van der Waals surface area contributed by atoms with E-state index in [0.29, 0.717) is 11.7 Å². The highest BCUT2D eigenvalue weighted by Gasteiger charge is 2.31. The molecule has 2 unspecified atom stereocenters. The van der Waals surface area contributed by atoms with Crippen molar-refractivity contribution in [2.24, 2.45) is 10.9 Å². The Labute approximate surface area is 120 Å². The first kappa shape index (κ1) is 15.0. The van der Waals surface area contributed by atoms with Gasteiger partial charge < -0.3 is 5.11 Å². The van der Waals surface area contributed by atoms with Crippen molar-refractivity contribution in [2.45, 2.75) is 32.5 Å². The van der Waals surface area contributed by atoms with E-state index < -0.39 is 6.23 Å². The average molecular weight is 286 g/mol. The van der Waals surface area contributed by atoms with E-state index in [4.69, 9.17) is 11.6 Å². The van der Waals surface area contributed by atoms with Gasteiger partial charge in [-0.25, -0.2) is 0 Å². The van der Waals surface area contributed by atoms with Gasteiger partial charge in [-0.2, -0.15) is 0 Å². The molecule has 0 aliphatic carbocycles. The van der Waals surface area contributed by atoms with Gasteiger partial charge in [0.2, 0.25) is 0 Å². The highest BCUT2D eigenvalue weighted by Crippen LogP contribution is 2.20. The molecule has 2 aliphatic heterocycles. The molecule has 0 saturated carbocycles. The van der Waals surface area contributed by atoms with Crippen LogP contribution in [0.1, 0.15) is 20.8 Å². The zero-order valence-electron chi connectivity index (χ0n) is 12.0. The summed E-state index contributed by atoms with van der Waals surface area (Å²) in [6.45, 7) is 11.1. The molecule has 2 rings (SSSR count). The predicted octanol–water partition coefficient (Wildman–Crippen LogP) is 1.54. The van der Waals surface area contributed by atoms with E-state index in [0.717, 1.165) is 26.2 Å². The number of aliphatic hydroxyl groups excluding tert-OH is 1. The average Bonchev–Trinajstić information content (AvgIpc) is 2.38. The number of aliphatic imine (C=N–C) groups is 1. The maximum Gasteiger partial charge on any atom is 0.123 e. The first-order chi connectivity index (χ1) is 8.88. The van der Waals surface area contributed by atoms with E-state index in [2.05, 4.69) is 35.6 Å². The number of piperazine rings is 1. The second kappa shape index (κ2) is 5.92. The van der Waals surface area contributed by atoms with Crippen molar-refractivity contribution in [3.8, 4) is 0 Å². The molecule has 2 aliphatic rings. The molecule has 0 radical (unpaired) electrons. The summed E-state index contributed by atoms with van der Waals surface area (Å²) in [7, 11) is 0. The zero-order valence-corrected chi connectivity index (χ0v) is 12.8. The van der Waals surface area contributed by atoms with Gasteiger partial charge in [0, 0.05) is 37.6 Å². The molecule has 4 nitrogen and oxygen atoms in total. The molecule has 0 amide bonds. The van der Waals surface area contributed by atoms with Crippen LogP contribution in [-0.2, 0) is 0 Å². The van der Waals surface area contributed by atoms with E-state index in [1.54, 1.807) is 6.08 Å². The van der Waals surface area contributed by atoms with Crippen molar-refractivity contribution >= 4 is 16.8 Å². The highest BCUT2D eigenvalue weighted by molar-refractivity contribution is 6.68. The number of rotatable bonds is 2. The highest BCUT2D eigenvalue weighted by atomic mass is 35.5. The number of hydrogen-bond donors (Lipinski definition) is 1. The van der Waals surface area contributed by atoms with Gasteiger partial charge in [-0.1, -0.05) is 17.7 Å². The second-order valence-electron chi connectivity index (χ2n) is 6.29. The first-order valence-corrected chi connectivity index (χ1v) is 7.31. The normalized spacial score (nSPS) is 28.3. The fourth-order valence-electron chi connectivity index (χ4n) is 2.63. The monoisotopic (exact) mass is 285 g/mol. The van der Waals surface area contributed by atoms with Crippen LogP contribution >= 0.6 is 11.6 Å². The third-order valence-corrected chi connectivity index (χ3v) is 4.20. The standard InChI is InChI=1S/C14H24ClN3O/c1-14(2,3)18-8-6-17(7-9-18)13(19)11-4-5-12(15)16-10-11/h4-5,11,13,19H,6-10H2,1-3H3. The Morgan fingerprint density at radius 3 is 2.42 bits per heavy atom. The molecule has 0 bridgehead atoms. The molecule has 5 heteroatoms. The molecule has 0 aromatic heterocycles. The number of halogens is 1. The van der Waals surface area contributed by atoms with Gasteiger partial charge in [-0.15, -0.1) is 0 Å². The molecule has 19 heavy (non-hydrogen) atoms. The van der Waals surface area contributed by atoms with Crippen LogP contribution in [0.3, 0.4) is 0 Å². The number of allylic oxidation sites excluding steroid dienone is 1. The van der Waals surface area contributed by atoms with Crippen molar-refractivity contribution in [2.75, 3.05) is 32.7 Å². The van der Waals surface area contributed by atoms with Crippen LogP contribution < -0.4 is 0 Å². The summed E-state index contributed by atoms with van der Waals surface area (Å²) in [5, 5.41) is 10.9. The molecule has 108 valence electrons. The van der Waals surface area contributed by atoms with Crippen molar-refractivity contribution in [1.29, 1.82) is 0 Å². The van der Waals surface area contributed by atoms with Crippen LogP contribution in [-0.4, -0.2) is 64.6 Å². The molecular weight excluding hydrogens is 262 g/mol. The molecule has 2 heterocycles. The van der Waals surface area contributed by atoms with E-state index in [1.807, 2.05) is 6.08 Å². The Morgan fingerprint density at radius 2 is 1.95 bits per heavy atom. The summed E-state index contributed by atoms with van der Waals surface area (Å²) in [5.74, 6) is 0.0590. The van der Waals surface area contributed by atoms with Gasteiger partial charge >= 0.3 is 0 Å².